The van der Waals surface area contributed by atoms with E-state index >= 15 is 0 Å². The summed E-state index contributed by atoms with van der Waals surface area (Å²) in [6.45, 7) is 3.41. The van der Waals surface area contributed by atoms with Gasteiger partial charge >= 0.3 is 6.09 Å². The van der Waals surface area contributed by atoms with Crippen LogP contribution in [0.4, 0.5) is 13.6 Å². The molecule has 3 aliphatic rings. The molecule has 0 atom stereocenters. The van der Waals surface area contributed by atoms with Gasteiger partial charge < -0.3 is 15.0 Å². The van der Waals surface area contributed by atoms with Crippen LogP contribution in [0.15, 0.2) is 0 Å². The smallest absolute Gasteiger partial charge is 0.410 e. The quantitative estimate of drug-likeness (QED) is 0.778. The number of amides is 1. The normalized spacial score (nSPS) is 29.6. The summed E-state index contributed by atoms with van der Waals surface area (Å²) < 4.78 is 31.2. The van der Waals surface area contributed by atoms with Gasteiger partial charge in [-0.3, -0.25) is 0 Å². The first-order valence-corrected chi connectivity index (χ1v) is 6.52. The predicted octanol–water partition coefficient (Wildman–Crippen LogP) is 1.61. The summed E-state index contributed by atoms with van der Waals surface area (Å²) in [6.07, 6.45) is -0.438. The van der Waals surface area contributed by atoms with E-state index in [0.717, 1.165) is 26.2 Å². The van der Waals surface area contributed by atoms with E-state index in [1.165, 1.54) is 0 Å². The molecule has 1 aliphatic carbocycles. The largest absolute Gasteiger partial charge is 0.446 e. The third kappa shape index (κ3) is 2.18. The minimum atomic E-state index is -2.57. The average molecular weight is 260 g/mol. The van der Waals surface area contributed by atoms with Gasteiger partial charge in [-0.15, -0.1) is 0 Å². The third-order valence-corrected chi connectivity index (χ3v) is 4.24. The highest BCUT2D eigenvalue weighted by Crippen LogP contribution is 2.37. The summed E-state index contributed by atoms with van der Waals surface area (Å²) in [4.78, 5) is 13.5. The Bertz CT molecular complexity index is 340. The van der Waals surface area contributed by atoms with Crippen LogP contribution in [0.3, 0.4) is 0 Å². The molecule has 2 heterocycles. The summed E-state index contributed by atoms with van der Waals surface area (Å²) in [5.74, 6) is -2.57. The number of halogens is 2. The van der Waals surface area contributed by atoms with Gasteiger partial charge in [0.2, 0.25) is 5.92 Å². The lowest BCUT2D eigenvalue weighted by atomic mass is 9.75. The van der Waals surface area contributed by atoms with E-state index in [0.29, 0.717) is 0 Å². The molecule has 102 valence electrons. The van der Waals surface area contributed by atoms with Gasteiger partial charge in [-0.2, -0.15) is 0 Å². The number of nitrogens with zero attached hydrogens (tertiary/aromatic N) is 1. The molecule has 0 radical (unpaired) electrons. The molecule has 0 aromatic carbocycles. The summed E-state index contributed by atoms with van der Waals surface area (Å²) in [5, 5.41) is 3.19. The Morgan fingerprint density at radius 3 is 2.33 bits per heavy atom. The molecule has 3 fully saturated rings. The molecule has 2 saturated heterocycles. The van der Waals surface area contributed by atoms with Crippen LogP contribution >= 0.6 is 0 Å². The molecule has 3 rings (SSSR count). The Morgan fingerprint density at radius 2 is 1.83 bits per heavy atom. The molecule has 1 spiro atoms. The zero-order valence-corrected chi connectivity index (χ0v) is 10.3. The molecule has 1 saturated carbocycles. The van der Waals surface area contributed by atoms with Crippen LogP contribution in [0.2, 0.25) is 0 Å². The van der Waals surface area contributed by atoms with Crippen molar-refractivity contribution in [2.75, 3.05) is 26.2 Å². The van der Waals surface area contributed by atoms with Crippen molar-refractivity contribution in [3.8, 4) is 0 Å². The van der Waals surface area contributed by atoms with Crippen molar-refractivity contribution in [1.29, 1.82) is 0 Å². The standard InChI is InChI=1S/C12H18F2N2O2/c13-12(14)3-1-9(2-4-12)18-10(17)16-7-11(8-16)5-15-6-11/h9,15H,1-8H2. The summed E-state index contributed by atoms with van der Waals surface area (Å²) in [6, 6.07) is 0. The van der Waals surface area contributed by atoms with E-state index in [1.807, 2.05) is 0 Å². The van der Waals surface area contributed by atoms with Gasteiger partial charge in [-0.25, -0.2) is 13.6 Å². The van der Waals surface area contributed by atoms with Crippen LogP contribution in [0.1, 0.15) is 25.7 Å². The molecule has 18 heavy (non-hydrogen) atoms. The van der Waals surface area contributed by atoms with E-state index < -0.39 is 5.92 Å². The van der Waals surface area contributed by atoms with Crippen LogP contribution in [-0.2, 0) is 4.74 Å². The maximum Gasteiger partial charge on any atom is 0.410 e. The van der Waals surface area contributed by atoms with Crippen LogP contribution in [-0.4, -0.2) is 49.2 Å². The predicted molar refractivity (Wildman–Crippen MR) is 60.6 cm³/mol. The molecule has 6 heteroatoms. The number of likely N-dealkylation sites (tertiary alicyclic amines) is 1. The minimum Gasteiger partial charge on any atom is -0.446 e. The molecule has 0 aromatic heterocycles. The monoisotopic (exact) mass is 260 g/mol. The number of nitrogens with one attached hydrogen (secondary N) is 1. The minimum absolute atomic E-state index is 0.168. The number of hydrogen-bond acceptors (Lipinski definition) is 3. The topological polar surface area (TPSA) is 41.6 Å². The molecule has 0 unspecified atom stereocenters. The van der Waals surface area contributed by atoms with Crippen LogP contribution in [0.5, 0.6) is 0 Å². The Balaban J connectivity index is 1.42. The zero-order chi connectivity index (χ0) is 12.8. The van der Waals surface area contributed by atoms with Crippen LogP contribution < -0.4 is 5.32 Å². The van der Waals surface area contributed by atoms with E-state index in [2.05, 4.69) is 5.32 Å². The van der Waals surface area contributed by atoms with Crippen molar-refractivity contribution >= 4 is 6.09 Å². The second kappa shape index (κ2) is 4.05. The van der Waals surface area contributed by atoms with E-state index in [4.69, 9.17) is 4.74 Å². The second-order valence-corrected chi connectivity index (χ2v) is 5.90. The Morgan fingerprint density at radius 1 is 1.22 bits per heavy atom. The van der Waals surface area contributed by atoms with Gasteiger partial charge in [-0.1, -0.05) is 0 Å². The van der Waals surface area contributed by atoms with E-state index in [9.17, 15) is 13.6 Å². The highest BCUT2D eigenvalue weighted by Gasteiger charge is 2.50. The second-order valence-electron chi connectivity index (χ2n) is 5.90. The van der Waals surface area contributed by atoms with Gasteiger partial charge in [0.25, 0.3) is 0 Å². The molecule has 1 amide bonds. The molecule has 1 N–H and O–H groups in total. The average Bonchev–Trinajstić information content (AvgIpc) is 2.17. The van der Waals surface area contributed by atoms with Crippen molar-refractivity contribution in [3.63, 3.8) is 0 Å². The lowest BCUT2D eigenvalue weighted by Crippen LogP contribution is -2.72. The fourth-order valence-corrected chi connectivity index (χ4v) is 2.94. The van der Waals surface area contributed by atoms with Crippen molar-refractivity contribution in [2.24, 2.45) is 5.41 Å². The summed E-state index contributed by atoms with van der Waals surface area (Å²) in [5.41, 5.74) is 0.276. The third-order valence-electron chi connectivity index (χ3n) is 4.24. The molecule has 2 aliphatic heterocycles. The molecule has 4 nitrogen and oxygen atoms in total. The number of hydrogen-bond donors (Lipinski definition) is 1. The highest BCUT2D eigenvalue weighted by molar-refractivity contribution is 5.69. The number of alkyl halides is 2. The highest BCUT2D eigenvalue weighted by atomic mass is 19.3. The van der Waals surface area contributed by atoms with E-state index in [1.54, 1.807) is 4.90 Å². The maximum absolute atomic E-state index is 12.9. The summed E-state index contributed by atoms with van der Waals surface area (Å²) >= 11 is 0. The zero-order valence-electron chi connectivity index (χ0n) is 10.3. The SMILES string of the molecule is O=C(OC1CCC(F)(F)CC1)N1CC2(CNC2)C1. The van der Waals surface area contributed by atoms with Gasteiger partial charge in [0.15, 0.2) is 0 Å². The first kappa shape index (κ1) is 12.1. The molecular formula is C12H18F2N2O2. The van der Waals surface area contributed by atoms with Gasteiger partial charge in [-0.05, 0) is 12.8 Å². The Labute approximate surface area is 105 Å². The number of ether oxygens (including phenoxy) is 1. The van der Waals surface area contributed by atoms with Crippen molar-refractivity contribution < 1.29 is 18.3 Å². The first-order valence-electron chi connectivity index (χ1n) is 6.52. The Hall–Kier alpha value is -0.910. The maximum atomic E-state index is 12.9. The summed E-state index contributed by atoms with van der Waals surface area (Å²) in [7, 11) is 0. The van der Waals surface area contributed by atoms with Crippen LogP contribution in [0.25, 0.3) is 0 Å². The Kier molecular flexibility index (Phi) is 2.73. The van der Waals surface area contributed by atoms with Crippen molar-refractivity contribution in [2.45, 2.75) is 37.7 Å². The van der Waals surface area contributed by atoms with Gasteiger partial charge in [0, 0.05) is 44.4 Å². The van der Waals surface area contributed by atoms with Crippen molar-refractivity contribution in [1.82, 2.24) is 10.2 Å². The lowest BCUT2D eigenvalue weighted by molar-refractivity contribution is -0.0820. The molecule has 0 bridgehead atoms. The molecule has 0 aromatic rings. The first-order chi connectivity index (χ1) is 8.48. The fourth-order valence-electron chi connectivity index (χ4n) is 2.94. The van der Waals surface area contributed by atoms with Crippen molar-refractivity contribution in [3.05, 3.63) is 0 Å². The molecular weight excluding hydrogens is 242 g/mol. The van der Waals surface area contributed by atoms with E-state index in [-0.39, 0.29) is 43.3 Å². The number of carbonyl (C=O) groups is 1. The van der Waals surface area contributed by atoms with Gasteiger partial charge in [0.1, 0.15) is 6.10 Å². The van der Waals surface area contributed by atoms with Crippen LogP contribution in [0, 0.1) is 5.41 Å². The fraction of sp³-hybridized carbons (Fsp3) is 0.917. The van der Waals surface area contributed by atoms with Gasteiger partial charge in [0.05, 0.1) is 0 Å². The lowest BCUT2D eigenvalue weighted by Gasteiger charge is -2.55. The number of rotatable bonds is 1. The number of carbonyl (C=O) groups excluding carboxylic acids is 1.